The molecule has 7 nitrogen and oxygen atoms in total. The monoisotopic (exact) mass is 396 g/mol. The highest BCUT2D eigenvalue weighted by Gasteiger charge is 2.18. The number of benzene rings is 2. The Morgan fingerprint density at radius 2 is 1.72 bits per heavy atom. The normalized spacial score (nSPS) is 13.0. The van der Waals surface area contributed by atoms with E-state index in [9.17, 15) is 9.59 Å². The quantitative estimate of drug-likeness (QED) is 0.721. The number of carbonyl (C=O) groups is 2. The van der Waals surface area contributed by atoms with Crippen LogP contribution in [0.3, 0.4) is 0 Å². The van der Waals surface area contributed by atoms with Gasteiger partial charge in [-0.1, -0.05) is 18.2 Å². The highest BCUT2D eigenvalue weighted by molar-refractivity contribution is 5.94. The van der Waals surface area contributed by atoms with Crippen LogP contribution < -0.4 is 10.2 Å². The topological polar surface area (TPSA) is 77.1 Å². The minimum absolute atomic E-state index is 0.0388. The van der Waals surface area contributed by atoms with E-state index in [1.807, 2.05) is 42.5 Å². The molecule has 0 radical (unpaired) electrons. The van der Waals surface area contributed by atoms with Crippen molar-refractivity contribution in [3.63, 3.8) is 0 Å². The predicted molar refractivity (Wildman–Crippen MR) is 110 cm³/mol. The van der Waals surface area contributed by atoms with Gasteiger partial charge in [0.25, 0.3) is 5.91 Å². The molecule has 0 aromatic heterocycles. The molecule has 3 rings (SSSR count). The zero-order valence-electron chi connectivity index (χ0n) is 16.5. The van der Waals surface area contributed by atoms with Crippen molar-refractivity contribution in [1.82, 2.24) is 0 Å². The Morgan fingerprint density at radius 1 is 1.03 bits per heavy atom. The molecule has 0 spiro atoms. The predicted octanol–water partition coefficient (Wildman–Crippen LogP) is 3.60. The second-order valence-corrected chi connectivity index (χ2v) is 6.67. The Morgan fingerprint density at radius 3 is 2.34 bits per heavy atom. The maximum atomic E-state index is 12.1. The molecule has 0 fully saturated rings. The molecule has 2 aromatic rings. The minimum Gasteiger partial charge on any atom is -0.493 e. The van der Waals surface area contributed by atoms with E-state index >= 15 is 0 Å². The Balaban J connectivity index is 1.57. The summed E-state index contributed by atoms with van der Waals surface area (Å²) in [6.07, 6.45) is 1.19. The molecule has 0 bridgehead atoms. The summed E-state index contributed by atoms with van der Waals surface area (Å²) in [7, 11) is 0. The van der Waals surface area contributed by atoms with Crippen LogP contribution in [0, 0.1) is 0 Å². The van der Waals surface area contributed by atoms with Crippen LogP contribution in [-0.4, -0.2) is 37.7 Å². The summed E-state index contributed by atoms with van der Waals surface area (Å²) in [6, 6.07) is 17.9. The highest BCUT2D eigenvalue weighted by Crippen LogP contribution is 2.28. The maximum Gasteiger partial charge on any atom is 0.377 e. The average Bonchev–Trinajstić information content (AvgIpc) is 2.74. The number of hydrogen-bond donors (Lipinski definition) is 1. The average molecular weight is 396 g/mol. The number of anilines is 3. The molecule has 0 aliphatic carbocycles. The van der Waals surface area contributed by atoms with Gasteiger partial charge >= 0.3 is 5.97 Å². The van der Waals surface area contributed by atoms with E-state index in [2.05, 4.69) is 36.2 Å². The number of esters is 1. The number of hydrogen-bond acceptors (Lipinski definition) is 6. The molecule has 1 heterocycles. The van der Waals surface area contributed by atoms with Gasteiger partial charge in [-0.15, -0.1) is 0 Å². The first-order valence-electron chi connectivity index (χ1n) is 9.40. The van der Waals surface area contributed by atoms with Crippen molar-refractivity contribution in [2.75, 3.05) is 30.0 Å². The molecule has 0 atom stereocenters. The van der Waals surface area contributed by atoms with E-state index in [0.29, 0.717) is 12.3 Å². The first kappa shape index (κ1) is 20.3. The maximum absolute atomic E-state index is 12.1. The van der Waals surface area contributed by atoms with Crippen molar-refractivity contribution in [3.05, 3.63) is 66.6 Å². The van der Waals surface area contributed by atoms with Crippen molar-refractivity contribution in [3.8, 4) is 0 Å². The van der Waals surface area contributed by atoms with Crippen LogP contribution >= 0.6 is 0 Å². The van der Waals surface area contributed by atoms with E-state index in [0.717, 1.165) is 11.4 Å². The second-order valence-electron chi connectivity index (χ2n) is 6.67. The molecule has 0 unspecified atom stereocenters. The number of para-hydroxylation sites is 1. The van der Waals surface area contributed by atoms with E-state index in [4.69, 9.17) is 14.2 Å². The number of nitrogens with zero attached hydrogens (tertiary/aromatic N) is 1. The molecule has 1 aliphatic heterocycles. The van der Waals surface area contributed by atoms with Crippen molar-refractivity contribution in [1.29, 1.82) is 0 Å². The number of nitrogens with one attached hydrogen (secondary N) is 1. The van der Waals surface area contributed by atoms with Gasteiger partial charge in [0, 0.05) is 23.1 Å². The van der Waals surface area contributed by atoms with Gasteiger partial charge in [-0.05, 0) is 50.2 Å². The molecular formula is C22H24N2O5. The van der Waals surface area contributed by atoms with Crippen LogP contribution in [0.2, 0.25) is 0 Å². The Labute approximate surface area is 169 Å². The molecule has 0 saturated carbocycles. The van der Waals surface area contributed by atoms with Gasteiger partial charge in [0.2, 0.25) is 5.76 Å². The van der Waals surface area contributed by atoms with Crippen molar-refractivity contribution >= 4 is 28.9 Å². The zero-order valence-corrected chi connectivity index (χ0v) is 16.5. The SMILES string of the molecule is CC(C)N(c1ccccc1)c1ccc(NC(=O)COC(=O)C2=COCCO2)cc1. The lowest BCUT2D eigenvalue weighted by Crippen LogP contribution is -2.25. The fourth-order valence-corrected chi connectivity index (χ4v) is 2.91. The van der Waals surface area contributed by atoms with Gasteiger partial charge in [0.1, 0.15) is 19.5 Å². The Hall–Kier alpha value is -3.48. The van der Waals surface area contributed by atoms with Gasteiger partial charge in [-0.25, -0.2) is 4.79 Å². The van der Waals surface area contributed by atoms with Crippen LogP contribution in [-0.2, 0) is 23.8 Å². The van der Waals surface area contributed by atoms with Crippen LogP contribution in [0.4, 0.5) is 17.1 Å². The lowest BCUT2D eigenvalue weighted by Gasteiger charge is -2.29. The first-order chi connectivity index (χ1) is 14.0. The largest absolute Gasteiger partial charge is 0.493 e. The molecule has 152 valence electrons. The van der Waals surface area contributed by atoms with E-state index < -0.39 is 18.5 Å². The highest BCUT2D eigenvalue weighted by atomic mass is 16.6. The number of ether oxygens (including phenoxy) is 3. The Kier molecular flexibility index (Phi) is 6.73. The summed E-state index contributed by atoms with van der Waals surface area (Å²) >= 11 is 0. The van der Waals surface area contributed by atoms with Crippen LogP contribution in [0.1, 0.15) is 13.8 Å². The minimum atomic E-state index is -0.731. The van der Waals surface area contributed by atoms with E-state index in [1.165, 1.54) is 6.26 Å². The summed E-state index contributed by atoms with van der Waals surface area (Å²) in [4.78, 5) is 26.1. The molecule has 2 aromatic carbocycles. The molecule has 0 saturated heterocycles. The zero-order chi connectivity index (χ0) is 20.6. The fourth-order valence-electron chi connectivity index (χ4n) is 2.91. The van der Waals surface area contributed by atoms with Crippen molar-refractivity contribution < 1.29 is 23.8 Å². The van der Waals surface area contributed by atoms with Gasteiger partial charge < -0.3 is 24.4 Å². The number of carbonyl (C=O) groups excluding carboxylic acids is 2. The van der Waals surface area contributed by atoms with Crippen LogP contribution in [0.15, 0.2) is 66.6 Å². The molecular weight excluding hydrogens is 372 g/mol. The third-order valence-corrected chi connectivity index (χ3v) is 4.16. The molecule has 1 amide bonds. The van der Waals surface area contributed by atoms with Crippen LogP contribution in [0.25, 0.3) is 0 Å². The first-order valence-corrected chi connectivity index (χ1v) is 9.40. The van der Waals surface area contributed by atoms with Gasteiger partial charge in [0.15, 0.2) is 6.61 Å². The summed E-state index contributed by atoms with van der Waals surface area (Å²) < 4.78 is 15.0. The van der Waals surface area contributed by atoms with E-state index in [1.54, 1.807) is 0 Å². The lowest BCUT2D eigenvalue weighted by molar-refractivity contribution is -0.148. The summed E-state index contributed by atoms with van der Waals surface area (Å²) in [5.74, 6) is -1.21. The fraction of sp³-hybridized carbons (Fsp3) is 0.273. The summed E-state index contributed by atoms with van der Waals surface area (Å²) in [5, 5.41) is 2.71. The van der Waals surface area contributed by atoms with Gasteiger partial charge in [0.05, 0.1) is 0 Å². The lowest BCUT2D eigenvalue weighted by atomic mass is 10.2. The number of amides is 1. The van der Waals surface area contributed by atoms with Gasteiger partial charge in [-0.2, -0.15) is 0 Å². The summed E-state index contributed by atoms with van der Waals surface area (Å²) in [6.45, 7) is 4.48. The summed E-state index contributed by atoms with van der Waals surface area (Å²) in [5.41, 5.74) is 2.72. The third-order valence-electron chi connectivity index (χ3n) is 4.16. The Bertz CT molecular complexity index is 863. The third kappa shape index (κ3) is 5.51. The molecule has 1 aliphatic rings. The van der Waals surface area contributed by atoms with Crippen LogP contribution in [0.5, 0.6) is 0 Å². The molecule has 1 N–H and O–H groups in total. The van der Waals surface area contributed by atoms with Gasteiger partial charge in [-0.3, -0.25) is 4.79 Å². The van der Waals surface area contributed by atoms with Crippen molar-refractivity contribution in [2.45, 2.75) is 19.9 Å². The molecule has 29 heavy (non-hydrogen) atoms. The molecule has 7 heteroatoms. The van der Waals surface area contributed by atoms with E-state index in [-0.39, 0.29) is 18.4 Å². The van der Waals surface area contributed by atoms with Crippen molar-refractivity contribution in [2.24, 2.45) is 0 Å². The standard InChI is InChI=1S/C22H24N2O5/c1-16(2)24(18-6-4-3-5-7-18)19-10-8-17(9-11-19)23-21(25)15-29-22(26)20-14-27-12-13-28-20/h3-11,14,16H,12-13,15H2,1-2H3,(H,23,25). The second kappa shape index (κ2) is 9.64. The smallest absolute Gasteiger partial charge is 0.377 e. The number of rotatable bonds is 7.